The number of ketones is 1. The molecule has 5 fully saturated rings. The Morgan fingerprint density at radius 1 is 1.11 bits per heavy atom. The number of allylic oxidation sites excluding steroid dienone is 1. The molecule has 4 saturated carbocycles. The molecule has 6 N–H and O–H groups in total. The summed E-state index contributed by atoms with van der Waals surface area (Å²) in [5, 5.41) is 63.6. The van der Waals surface area contributed by atoms with Gasteiger partial charge in [-0.15, -0.1) is 0 Å². The van der Waals surface area contributed by atoms with Gasteiger partial charge in [-0.3, -0.25) is 9.59 Å². The fourth-order valence-electron chi connectivity index (χ4n) is 8.78. The third-order valence-corrected chi connectivity index (χ3v) is 10.7. The Hall–Kier alpha value is -1.40. The number of hydrogen-bond donors (Lipinski definition) is 6. The normalized spacial score (nSPS) is 54.6. The van der Waals surface area contributed by atoms with E-state index < -0.39 is 77.1 Å². The molecule has 0 aromatic carbocycles. The molecule has 1 spiro atoms. The maximum Gasteiger partial charge on any atom is 0.314 e. The summed E-state index contributed by atoms with van der Waals surface area (Å²) >= 11 is 0. The molecular formula is C26H38O10. The van der Waals surface area contributed by atoms with Crippen molar-refractivity contribution in [3.05, 3.63) is 12.2 Å². The Morgan fingerprint density at radius 2 is 1.81 bits per heavy atom. The molecule has 2 bridgehead atoms. The number of carbonyl (C=O) groups is 2. The van der Waals surface area contributed by atoms with E-state index in [0.717, 1.165) is 0 Å². The first-order valence-corrected chi connectivity index (χ1v) is 12.9. The summed E-state index contributed by atoms with van der Waals surface area (Å²) in [6.07, 6.45) is -5.99. The van der Waals surface area contributed by atoms with Crippen LogP contribution in [0, 0.1) is 28.1 Å². The Kier molecular flexibility index (Phi) is 6.04. The second-order valence-electron chi connectivity index (χ2n) is 12.2. The first kappa shape index (κ1) is 26.2. The average molecular weight is 511 g/mol. The molecule has 1 saturated heterocycles. The minimum Gasteiger partial charge on any atom is -0.432 e. The van der Waals surface area contributed by atoms with Crippen LogP contribution in [0.2, 0.25) is 0 Å². The van der Waals surface area contributed by atoms with Crippen LogP contribution < -0.4 is 0 Å². The summed E-state index contributed by atoms with van der Waals surface area (Å²) in [6, 6.07) is 0. The van der Waals surface area contributed by atoms with Crippen LogP contribution in [0.3, 0.4) is 0 Å². The zero-order chi connectivity index (χ0) is 26.4. The van der Waals surface area contributed by atoms with Crippen LogP contribution in [0.1, 0.15) is 58.8 Å². The second-order valence-corrected chi connectivity index (χ2v) is 12.2. The van der Waals surface area contributed by atoms with Crippen LogP contribution >= 0.6 is 0 Å². The standard InChI is InChI=1S/C26H38O10/c1-12-13-9-16(28)26(34)24(3)7-4-6-23(2,15(24)5-8-25(26,10-13)20(12)32)22(33)36-21-19(31)18(30)17(29)14(11-27)35-21/h13-19,21,27-31,34H,1,4-11H2,2-3H3/t13-,14+,15-,16+,17+,18-,19+,21-,23-,24-,25+,26-/m1/s1. The van der Waals surface area contributed by atoms with E-state index in [1.807, 2.05) is 6.92 Å². The van der Waals surface area contributed by atoms with Gasteiger partial charge in [0.05, 0.1) is 23.5 Å². The van der Waals surface area contributed by atoms with Crippen molar-refractivity contribution in [2.45, 2.75) is 101 Å². The highest BCUT2D eigenvalue weighted by Crippen LogP contribution is 2.72. The van der Waals surface area contributed by atoms with E-state index in [1.54, 1.807) is 6.92 Å². The Bertz CT molecular complexity index is 966. The lowest BCUT2D eigenvalue weighted by atomic mass is 9.38. The second kappa shape index (κ2) is 8.30. The van der Waals surface area contributed by atoms with Gasteiger partial charge >= 0.3 is 5.97 Å². The zero-order valence-electron chi connectivity index (χ0n) is 20.8. The minimum absolute atomic E-state index is 0.154. The lowest BCUT2D eigenvalue weighted by molar-refractivity contribution is -0.307. The van der Waals surface area contributed by atoms with E-state index in [9.17, 15) is 40.2 Å². The van der Waals surface area contributed by atoms with E-state index in [0.29, 0.717) is 44.1 Å². The van der Waals surface area contributed by atoms with E-state index in [-0.39, 0.29) is 18.1 Å². The van der Waals surface area contributed by atoms with Crippen molar-refractivity contribution in [1.82, 2.24) is 0 Å². The first-order valence-electron chi connectivity index (χ1n) is 12.9. The van der Waals surface area contributed by atoms with Crippen molar-refractivity contribution in [3.8, 4) is 0 Å². The smallest absolute Gasteiger partial charge is 0.314 e. The third-order valence-electron chi connectivity index (χ3n) is 10.7. The van der Waals surface area contributed by atoms with Gasteiger partial charge in [-0.25, -0.2) is 0 Å². The van der Waals surface area contributed by atoms with Gasteiger partial charge in [0.15, 0.2) is 5.78 Å². The molecule has 0 aromatic rings. The molecule has 5 aliphatic rings. The number of aliphatic hydroxyl groups excluding tert-OH is 5. The molecule has 0 aromatic heterocycles. The molecule has 4 aliphatic carbocycles. The van der Waals surface area contributed by atoms with Crippen molar-refractivity contribution >= 4 is 11.8 Å². The fraction of sp³-hybridized carbons (Fsp3) is 0.846. The quantitative estimate of drug-likeness (QED) is 0.216. The Balaban J connectivity index is 1.47. The molecule has 0 amide bonds. The van der Waals surface area contributed by atoms with Gasteiger partial charge in [-0.2, -0.15) is 0 Å². The molecule has 12 atom stereocenters. The SMILES string of the molecule is C=C1C(=O)[C@@]23CC[C@@H]4[C@](C)(C(=O)O[C@H]5O[C@@H](CO)[C@H](O)[C@@H](O)[C@@H]5O)CCC[C@@]4(C)[C@]2(O)[C@@H](O)C[C@@H]1C3. The van der Waals surface area contributed by atoms with E-state index in [2.05, 4.69) is 6.58 Å². The monoisotopic (exact) mass is 510 g/mol. The van der Waals surface area contributed by atoms with Crippen LogP contribution in [0.4, 0.5) is 0 Å². The summed E-state index contributed by atoms with van der Waals surface area (Å²) in [5.41, 5.74) is -4.51. The topological polar surface area (TPSA) is 174 Å². The van der Waals surface area contributed by atoms with Gasteiger partial charge in [0, 0.05) is 5.41 Å². The summed E-state index contributed by atoms with van der Waals surface area (Å²) in [7, 11) is 0. The maximum atomic E-state index is 13.7. The van der Waals surface area contributed by atoms with Crippen molar-refractivity contribution in [2.75, 3.05) is 6.61 Å². The molecule has 1 aliphatic heterocycles. The van der Waals surface area contributed by atoms with Gasteiger partial charge in [-0.05, 0) is 62.9 Å². The van der Waals surface area contributed by atoms with Gasteiger partial charge in [0.1, 0.15) is 30.0 Å². The Labute approximate surface area is 209 Å². The van der Waals surface area contributed by atoms with Crippen LogP contribution in [0.5, 0.6) is 0 Å². The van der Waals surface area contributed by atoms with E-state index in [1.165, 1.54) is 0 Å². The predicted octanol–water partition coefficient (Wildman–Crippen LogP) is -0.437. The van der Waals surface area contributed by atoms with E-state index >= 15 is 0 Å². The van der Waals surface area contributed by atoms with Crippen LogP contribution in [-0.4, -0.2) is 91.4 Å². The summed E-state index contributed by atoms with van der Waals surface area (Å²) < 4.78 is 11.0. The summed E-state index contributed by atoms with van der Waals surface area (Å²) in [5.74, 6) is -1.48. The number of hydrogen-bond acceptors (Lipinski definition) is 10. The van der Waals surface area contributed by atoms with Crippen molar-refractivity contribution < 1.29 is 49.7 Å². The number of carbonyl (C=O) groups excluding carboxylic acids is 2. The number of aliphatic hydroxyl groups is 6. The first-order chi connectivity index (χ1) is 16.8. The number of fused-ring (bicyclic) bond motifs is 3. The Morgan fingerprint density at radius 3 is 2.47 bits per heavy atom. The lowest BCUT2D eigenvalue weighted by Gasteiger charge is -2.67. The molecule has 0 radical (unpaired) electrons. The number of ether oxygens (including phenoxy) is 2. The van der Waals surface area contributed by atoms with Crippen LogP contribution in [0.25, 0.3) is 0 Å². The third kappa shape index (κ3) is 3.03. The fourth-order valence-corrected chi connectivity index (χ4v) is 8.78. The van der Waals surface area contributed by atoms with Crippen molar-refractivity contribution in [2.24, 2.45) is 28.1 Å². The number of esters is 1. The largest absolute Gasteiger partial charge is 0.432 e. The zero-order valence-corrected chi connectivity index (χ0v) is 20.8. The van der Waals surface area contributed by atoms with E-state index in [4.69, 9.17) is 9.47 Å². The molecule has 10 heteroatoms. The maximum absolute atomic E-state index is 13.7. The van der Waals surface area contributed by atoms with Crippen molar-refractivity contribution in [1.29, 1.82) is 0 Å². The van der Waals surface area contributed by atoms with Gasteiger partial charge in [0.25, 0.3) is 0 Å². The summed E-state index contributed by atoms with van der Waals surface area (Å²) in [6.45, 7) is 6.91. The highest BCUT2D eigenvalue weighted by atomic mass is 16.7. The molecule has 0 unspecified atom stereocenters. The van der Waals surface area contributed by atoms with Gasteiger partial charge in [-0.1, -0.05) is 19.9 Å². The molecule has 202 valence electrons. The molecule has 1 heterocycles. The highest BCUT2D eigenvalue weighted by molar-refractivity contribution is 6.04. The number of Topliss-reactive ketones (excluding diaryl/α,β-unsaturated/α-hetero) is 1. The average Bonchev–Trinajstić information content (AvgIpc) is 3.04. The molecular weight excluding hydrogens is 472 g/mol. The minimum atomic E-state index is -1.74. The van der Waals surface area contributed by atoms with Crippen molar-refractivity contribution in [3.63, 3.8) is 0 Å². The highest BCUT2D eigenvalue weighted by Gasteiger charge is 2.78. The summed E-state index contributed by atoms with van der Waals surface area (Å²) in [4.78, 5) is 27.1. The molecule has 10 nitrogen and oxygen atoms in total. The number of rotatable bonds is 3. The predicted molar refractivity (Wildman–Crippen MR) is 123 cm³/mol. The lowest BCUT2D eigenvalue weighted by Crippen LogP contribution is -2.74. The van der Waals surface area contributed by atoms with Crippen LogP contribution in [0.15, 0.2) is 12.2 Å². The van der Waals surface area contributed by atoms with Gasteiger partial charge in [0.2, 0.25) is 6.29 Å². The molecule has 5 rings (SSSR count). The van der Waals surface area contributed by atoms with Gasteiger partial charge < -0.3 is 40.1 Å². The van der Waals surface area contributed by atoms with Crippen LogP contribution in [-0.2, 0) is 19.1 Å². The molecule has 36 heavy (non-hydrogen) atoms.